The van der Waals surface area contributed by atoms with Crippen molar-refractivity contribution in [3.8, 4) is 11.8 Å². The number of anilines is 2. The monoisotopic (exact) mass is 373 g/mol. The van der Waals surface area contributed by atoms with Gasteiger partial charge in [0.05, 0.1) is 29.2 Å². The summed E-state index contributed by atoms with van der Waals surface area (Å²) in [7, 11) is 1.82. The number of hydrogen-bond acceptors (Lipinski definition) is 5. The number of aryl methyl sites for hydroxylation is 3. The number of phenols is 1. The molecule has 1 aliphatic carbocycles. The summed E-state index contributed by atoms with van der Waals surface area (Å²) < 4.78 is 1.68. The van der Waals surface area contributed by atoms with Crippen molar-refractivity contribution in [2.45, 2.75) is 25.7 Å². The van der Waals surface area contributed by atoms with E-state index < -0.39 is 0 Å². The smallest absolute Gasteiger partial charge is 0.117 e. The van der Waals surface area contributed by atoms with Gasteiger partial charge in [0.15, 0.2) is 0 Å². The summed E-state index contributed by atoms with van der Waals surface area (Å²) >= 11 is 0. The highest BCUT2D eigenvalue weighted by molar-refractivity contribution is 5.87. The van der Waals surface area contributed by atoms with Gasteiger partial charge in [-0.25, -0.2) is 0 Å². The van der Waals surface area contributed by atoms with Crippen molar-refractivity contribution in [3.63, 3.8) is 0 Å². The van der Waals surface area contributed by atoms with Gasteiger partial charge in [-0.1, -0.05) is 6.07 Å². The van der Waals surface area contributed by atoms with Gasteiger partial charge >= 0.3 is 0 Å². The Bertz CT molecular complexity index is 1020. The minimum absolute atomic E-state index is 0.164. The number of hydrogen-bond donors (Lipinski definition) is 3. The fraction of sp³-hybridized carbons (Fsp3) is 0.227. The van der Waals surface area contributed by atoms with Gasteiger partial charge in [-0.3, -0.25) is 4.68 Å². The zero-order valence-electron chi connectivity index (χ0n) is 15.8. The Morgan fingerprint density at radius 2 is 1.96 bits per heavy atom. The molecular weight excluding hydrogens is 350 g/mol. The molecular formula is C22H23N5O. The van der Waals surface area contributed by atoms with Gasteiger partial charge in [-0.05, 0) is 61.1 Å². The van der Waals surface area contributed by atoms with E-state index in [0.717, 1.165) is 17.7 Å². The number of phenolic OH excluding ortho intramolecular Hbond substituents is 1. The first kappa shape index (κ1) is 19.2. The van der Waals surface area contributed by atoms with Crippen molar-refractivity contribution in [3.05, 3.63) is 71.0 Å². The summed E-state index contributed by atoms with van der Waals surface area (Å²) in [6.07, 6.45) is 9.67. The highest BCUT2D eigenvalue weighted by atomic mass is 16.3. The van der Waals surface area contributed by atoms with Gasteiger partial charge in [-0.15, -0.1) is 0 Å². The molecule has 0 atom stereocenters. The van der Waals surface area contributed by atoms with Crippen molar-refractivity contribution in [2.75, 3.05) is 5.32 Å². The molecule has 0 amide bonds. The minimum Gasteiger partial charge on any atom is -0.508 e. The molecule has 0 unspecified atom stereocenters. The van der Waals surface area contributed by atoms with Crippen LogP contribution in [0.5, 0.6) is 5.75 Å². The van der Waals surface area contributed by atoms with Crippen LogP contribution in [0.25, 0.3) is 0 Å². The van der Waals surface area contributed by atoms with Gasteiger partial charge in [-0.2, -0.15) is 10.4 Å². The summed E-state index contributed by atoms with van der Waals surface area (Å²) in [5, 5.41) is 32.4. The number of nitrogens with one attached hydrogen (secondary N) is 2. The Labute approximate surface area is 164 Å². The second kappa shape index (κ2) is 8.87. The van der Waals surface area contributed by atoms with Crippen LogP contribution in [-0.4, -0.2) is 21.1 Å². The van der Waals surface area contributed by atoms with E-state index in [4.69, 9.17) is 10.7 Å². The topological polar surface area (TPSA) is 97.7 Å². The number of benzene rings is 2. The lowest BCUT2D eigenvalue weighted by atomic mass is 9.91. The van der Waals surface area contributed by atoms with E-state index in [-0.39, 0.29) is 5.75 Å². The van der Waals surface area contributed by atoms with Crippen LogP contribution in [-0.2, 0) is 19.9 Å². The Morgan fingerprint density at radius 3 is 2.64 bits per heavy atom. The van der Waals surface area contributed by atoms with Gasteiger partial charge in [0, 0.05) is 31.1 Å². The molecule has 1 aromatic heterocycles. The normalized spacial score (nSPS) is 12.1. The fourth-order valence-electron chi connectivity index (χ4n) is 3.22. The van der Waals surface area contributed by atoms with Gasteiger partial charge in [0.2, 0.25) is 0 Å². The van der Waals surface area contributed by atoms with Gasteiger partial charge in [0.25, 0.3) is 0 Å². The maximum absolute atomic E-state index is 9.38. The summed E-state index contributed by atoms with van der Waals surface area (Å²) in [6, 6.07) is 13.0. The van der Waals surface area contributed by atoms with E-state index in [0.29, 0.717) is 11.3 Å². The first-order chi connectivity index (χ1) is 13.6. The summed E-state index contributed by atoms with van der Waals surface area (Å²) in [4.78, 5) is 0. The van der Waals surface area contributed by atoms with E-state index in [9.17, 15) is 5.11 Å². The molecule has 28 heavy (non-hydrogen) atoms. The average Bonchev–Trinajstić information content (AvgIpc) is 3.13. The van der Waals surface area contributed by atoms with Gasteiger partial charge < -0.3 is 15.8 Å². The molecule has 3 N–H and O–H groups in total. The number of rotatable bonds is 3. The molecule has 0 aliphatic heterocycles. The van der Waals surface area contributed by atoms with Crippen molar-refractivity contribution < 1.29 is 5.11 Å². The second-order valence-electron chi connectivity index (χ2n) is 6.75. The van der Waals surface area contributed by atoms with E-state index in [1.165, 1.54) is 36.6 Å². The molecule has 0 radical (unpaired) electrons. The molecule has 2 aromatic carbocycles. The fourth-order valence-corrected chi connectivity index (χ4v) is 3.22. The molecule has 0 saturated heterocycles. The molecule has 4 rings (SSSR count). The van der Waals surface area contributed by atoms with E-state index in [1.54, 1.807) is 29.1 Å². The maximum atomic E-state index is 9.38. The quantitative estimate of drug-likeness (QED) is 0.596. The number of nitriles is 1. The highest BCUT2D eigenvalue weighted by Crippen LogP contribution is 2.24. The van der Waals surface area contributed by atoms with Crippen LogP contribution in [0.15, 0.2) is 48.8 Å². The van der Waals surface area contributed by atoms with Gasteiger partial charge in [0.1, 0.15) is 5.75 Å². The van der Waals surface area contributed by atoms with E-state index in [1.807, 2.05) is 25.4 Å². The van der Waals surface area contributed by atoms with E-state index >= 15 is 0 Å². The summed E-state index contributed by atoms with van der Waals surface area (Å²) in [6.45, 7) is 0. The van der Waals surface area contributed by atoms with Crippen molar-refractivity contribution in [1.29, 1.82) is 10.7 Å². The minimum atomic E-state index is 0.164. The lowest BCUT2D eigenvalue weighted by Crippen LogP contribution is -2.02. The largest absolute Gasteiger partial charge is 0.508 e. The number of aromatic nitrogens is 2. The number of fused-ring (bicyclic) bond motifs is 1. The molecule has 6 nitrogen and oxygen atoms in total. The molecule has 1 aliphatic rings. The van der Waals surface area contributed by atoms with Crippen molar-refractivity contribution in [2.24, 2.45) is 7.05 Å². The number of nitrogens with zero attached hydrogens (tertiary/aromatic N) is 3. The van der Waals surface area contributed by atoms with Crippen LogP contribution in [0.1, 0.15) is 35.1 Å². The number of aromatic hydroxyl groups is 1. The first-order valence-corrected chi connectivity index (χ1v) is 9.20. The zero-order valence-corrected chi connectivity index (χ0v) is 15.8. The predicted molar refractivity (Wildman–Crippen MR) is 110 cm³/mol. The molecule has 6 heteroatoms. The third-order valence-electron chi connectivity index (χ3n) is 4.65. The lowest BCUT2D eigenvalue weighted by molar-refractivity contribution is 0.475. The predicted octanol–water partition coefficient (Wildman–Crippen LogP) is 4.30. The third kappa shape index (κ3) is 4.77. The van der Waals surface area contributed by atoms with Crippen LogP contribution in [0.2, 0.25) is 0 Å². The van der Waals surface area contributed by atoms with Crippen LogP contribution < -0.4 is 5.32 Å². The standard InChI is InChI=1S/C11H12N4O.C11H11N/c1-15-7-9(6-13-15)14-11-4-10(16)3-2-8(11)5-12;12-8-9-5-6-10-3-1-2-4-11(10)7-9/h2-7,12,14,16H,1H3;5-7H,1-4H2. The van der Waals surface area contributed by atoms with Crippen molar-refractivity contribution in [1.82, 2.24) is 9.78 Å². The van der Waals surface area contributed by atoms with Crippen LogP contribution >= 0.6 is 0 Å². The Balaban J connectivity index is 0.000000167. The zero-order chi connectivity index (χ0) is 19.9. The molecule has 0 fully saturated rings. The van der Waals surface area contributed by atoms with E-state index in [2.05, 4.69) is 22.6 Å². The SMILES string of the molecule is Cn1cc(Nc2cc(O)ccc2C=N)cn1.N#Cc1ccc2c(c1)CCCC2. The van der Waals surface area contributed by atoms with Crippen LogP contribution in [0.4, 0.5) is 11.4 Å². The van der Waals surface area contributed by atoms with Crippen LogP contribution in [0.3, 0.4) is 0 Å². The lowest BCUT2D eigenvalue weighted by Gasteiger charge is -2.14. The maximum Gasteiger partial charge on any atom is 0.117 e. The highest BCUT2D eigenvalue weighted by Gasteiger charge is 2.08. The molecule has 0 spiro atoms. The summed E-state index contributed by atoms with van der Waals surface area (Å²) in [5.74, 6) is 0.164. The molecule has 0 bridgehead atoms. The second-order valence-corrected chi connectivity index (χ2v) is 6.75. The molecule has 0 saturated carbocycles. The third-order valence-corrected chi connectivity index (χ3v) is 4.65. The summed E-state index contributed by atoms with van der Waals surface area (Å²) in [5.41, 5.74) is 5.84. The Kier molecular flexibility index (Phi) is 6.07. The Morgan fingerprint density at radius 1 is 1.18 bits per heavy atom. The van der Waals surface area contributed by atoms with Crippen LogP contribution in [0, 0.1) is 16.7 Å². The molecule has 3 aromatic rings. The molecule has 1 heterocycles. The Hall–Kier alpha value is -3.59. The average molecular weight is 373 g/mol. The van der Waals surface area contributed by atoms with Crippen molar-refractivity contribution >= 4 is 17.6 Å². The molecule has 142 valence electrons. The first-order valence-electron chi connectivity index (χ1n) is 9.20.